The number of para-hydroxylation sites is 2. The Kier molecular flexibility index (Phi) is 4.47. The van der Waals surface area contributed by atoms with Crippen molar-refractivity contribution < 1.29 is 9.21 Å². The molecule has 142 valence electrons. The standard InChI is InChI=1S/C22H21N3O3/c1-14-7-6-9-17-21(14)23-13-25(22(17)27)12-20(26)24(3)15(2)19-11-16-8-4-5-10-18(16)28-19/h4-11,13,15H,12H2,1-3H3/t15-/m0/s1. The lowest BCUT2D eigenvalue weighted by atomic mass is 10.1. The van der Waals surface area contributed by atoms with Gasteiger partial charge in [0.25, 0.3) is 5.56 Å². The molecule has 6 heteroatoms. The molecule has 0 fully saturated rings. The highest BCUT2D eigenvalue weighted by Gasteiger charge is 2.21. The van der Waals surface area contributed by atoms with E-state index >= 15 is 0 Å². The van der Waals surface area contributed by atoms with Crippen molar-refractivity contribution in [2.45, 2.75) is 26.4 Å². The highest BCUT2D eigenvalue weighted by atomic mass is 16.3. The Hall–Kier alpha value is -3.41. The van der Waals surface area contributed by atoms with Crippen molar-refractivity contribution in [1.82, 2.24) is 14.5 Å². The van der Waals surface area contributed by atoms with Gasteiger partial charge in [0.1, 0.15) is 17.9 Å². The fourth-order valence-corrected chi connectivity index (χ4v) is 3.32. The van der Waals surface area contributed by atoms with E-state index < -0.39 is 0 Å². The fourth-order valence-electron chi connectivity index (χ4n) is 3.32. The van der Waals surface area contributed by atoms with Gasteiger partial charge in [-0.3, -0.25) is 14.2 Å². The lowest BCUT2D eigenvalue weighted by Gasteiger charge is -2.23. The fraction of sp³-hybridized carbons (Fsp3) is 0.227. The molecule has 0 aliphatic carbocycles. The van der Waals surface area contributed by atoms with E-state index in [1.54, 1.807) is 18.0 Å². The van der Waals surface area contributed by atoms with E-state index in [0.29, 0.717) is 16.7 Å². The first-order chi connectivity index (χ1) is 13.5. The molecule has 0 aliphatic heterocycles. The van der Waals surface area contributed by atoms with Crippen LogP contribution in [-0.2, 0) is 11.3 Å². The van der Waals surface area contributed by atoms with E-state index in [2.05, 4.69) is 4.98 Å². The van der Waals surface area contributed by atoms with E-state index in [-0.39, 0.29) is 24.1 Å². The van der Waals surface area contributed by atoms with Crippen LogP contribution >= 0.6 is 0 Å². The van der Waals surface area contributed by atoms with Crippen molar-refractivity contribution >= 4 is 27.8 Å². The summed E-state index contributed by atoms with van der Waals surface area (Å²) in [5, 5.41) is 1.51. The topological polar surface area (TPSA) is 68.3 Å². The summed E-state index contributed by atoms with van der Waals surface area (Å²) in [7, 11) is 1.71. The molecule has 6 nitrogen and oxygen atoms in total. The van der Waals surface area contributed by atoms with Gasteiger partial charge in [-0.15, -0.1) is 0 Å². The molecule has 1 amide bonds. The summed E-state index contributed by atoms with van der Waals surface area (Å²) in [6.45, 7) is 3.74. The quantitative estimate of drug-likeness (QED) is 0.546. The number of aryl methyl sites for hydroxylation is 1. The Bertz CT molecular complexity index is 1210. The van der Waals surface area contributed by atoms with Crippen LogP contribution in [0.1, 0.15) is 24.3 Å². The highest BCUT2D eigenvalue weighted by Crippen LogP contribution is 2.26. The summed E-state index contributed by atoms with van der Waals surface area (Å²) in [6, 6.07) is 14.9. The smallest absolute Gasteiger partial charge is 0.261 e. The second-order valence-electron chi connectivity index (χ2n) is 7.02. The summed E-state index contributed by atoms with van der Waals surface area (Å²) in [4.78, 5) is 31.5. The highest BCUT2D eigenvalue weighted by molar-refractivity contribution is 5.81. The molecule has 2 aromatic heterocycles. The number of amides is 1. The molecule has 2 aromatic carbocycles. The normalized spacial score (nSPS) is 12.4. The van der Waals surface area contributed by atoms with Gasteiger partial charge in [-0.2, -0.15) is 0 Å². The number of hydrogen-bond donors (Lipinski definition) is 0. The van der Waals surface area contributed by atoms with Crippen molar-refractivity contribution in [3.63, 3.8) is 0 Å². The van der Waals surface area contributed by atoms with Crippen LogP contribution < -0.4 is 5.56 Å². The Balaban J connectivity index is 1.58. The van der Waals surface area contributed by atoms with E-state index in [9.17, 15) is 9.59 Å². The van der Waals surface area contributed by atoms with Crippen molar-refractivity contribution in [3.8, 4) is 0 Å². The first-order valence-electron chi connectivity index (χ1n) is 9.14. The molecule has 4 rings (SSSR count). The number of hydrogen-bond acceptors (Lipinski definition) is 4. The number of nitrogens with zero attached hydrogens (tertiary/aromatic N) is 3. The SMILES string of the molecule is Cc1cccc2c(=O)n(CC(=O)N(C)[C@@H](C)c3cc4ccccc4o3)cnc12. The molecule has 0 unspecified atom stereocenters. The van der Waals surface area contributed by atoms with Gasteiger partial charge in [-0.05, 0) is 37.6 Å². The van der Waals surface area contributed by atoms with Gasteiger partial charge in [0.2, 0.25) is 5.91 Å². The first-order valence-corrected chi connectivity index (χ1v) is 9.14. The second-order valence-corrected chi connectivity index (χ2v) is 7.02. The molecule has 0 N–H and O–H groups in total. The van der Waals surface area contributed by atoms with E-state index in [0.717, 1.165) is 16.5 Å². The van der Waals surface area contributed by atoms with Crippen molar-refractivity contribution in [2.24, 2.45) is 0 Å². The predicted octanol–water partition coefficient (Wildman–Crippen LogP) is 3.67. The third kappa shape index (κ3) is 3.07. The monoisotopic (exact) mass is 375 g/mol. The van der Waals surface area contributed by atoms with Crippen molar-refractivity contribution in [2.75, 3.05) is 7.05 Å². The maximum Gasteiger partial charge on any atom is 0.261 e. The number of likely N-dealkylation sites (N-methyl/N-ethyl adjacent to an activating group) is 1. The zero-order valence-electron chi connectivity index (χ0n) is 16.0. The molecule has 28 heavy (non-hydrogen) atoms. The number of carbonyl (C=O) groups is 1. The predicted molar refractivity (Wildman–Crippen MR) is 108 cm³/mol. The average Bonchev–Trinajstić information content (AvgIpc) is 3.13. The minimum Gasteiger partial charge on any atom is -0.459 e. The van der Waals surface area contributed by atoms with Crippen LogP contribution in [-0.4, -0.2) is 27.4 Å². The van der Waals surface area contributed by atoms with Gasteiger partial charge < -0.3 is 9.32 Å². The lowest BCUT2D eigenvalue weighted by molar-refractivity contribution is -0.132. The molecular formula is C22H21N3O3. The lowest BCUT2D eigenvalue weighted by Crippen LogP contribution is -2.35. The summed E-state index contributed by atoms with van der Waals surface area (Å²) in [5.74, 6) is 0.514. The molecule has 4 aromatic rings. The average molecular weight is 375 g/mol. The van der Waals surface area contributed by atoms with Crippen LogP contribution in [0.15, 0.2) is 64.1 Å². The number of benzene rings is 2. The van der Waals surface area contributed by atoms with Gasteiger partial charge in [-0.1, -0.05) is 30.3 Å². The third-order valence-corrected chi connectivity index (χ3v) is 5.19. The summed E-state index contributed by atoms with van der Waals surface area (Å²) in [6.07, 6.45) is 1.44. The zero-order chi connectivity index (χ0) is 19.8. The third-order valence-electron chi connectivity index (χ3n) is 5.19. The minimum absolute atomic E-state index is 0.0726. The van der Waals surface area contributed by atoms with Gasteiger partial charge in [0, 0.05) is 12.4 Å². The van der Waals surface area contributed by atoms with Crippen molar-refractivity contribution in [3.05, 3.63) is 76.5 Å². The Morgan fingerprint density at radius 3 is 2.79 bits per heavy atom. The molecule has 0 bridgehead atoms. The number of aromatic nitrogens is 2. The van der Waals surface area contributed by atoms with E-state index in [1.165, 1.54) is 10.9 Å². The molecule has 0 radical (unpaired) electrons. The van der Waals surface area contributed by atoms with Gasteiger partial charge in [0.15, 0.2) is 0 Å². The summed E-state index contributed by atoms with van der Waals surface area (Å²) < 4.78 is 7.22. The number of carbonyl (C=O) groups excluding carboxylic acids is 1. The zero-order valence-corrected chi connectivity index (χ0v) is 16.0. The van der Waals surface area contributed by atoms with E-state index in [4.69, 9.17) is 4.42 Å². The minimum atomic E-state index is -0.258. The van der Waals surface area contributed by atoms with Crippen LogP contribution in [0, 0.1) is 6.92 Å². The largest absolute Gasteiger partial charge is 0.459 e. The number of fused-ring (bicyclic) bond motifs is 2. The van der Waals surface area contributed by atoms with Crippen LogP contribution in [0.3, 0.4) is 0 Å². The summed E-state index contributed by atoms with van der Waals surface area (Å²) >= 11 is 0. The Morgan fingerprint density at radius 1 is 1.21 bits per heavy atom. The van der Waals surface area contributed by atoms with Gasteiger partial charge in [-0.25, -0.2) is 4.98 Å². The molecular weight excluding hydrogens is 354 g/mol. The van der Waals surface area contributed by atoms with Gasteiger partial charge in [0.05, 0.1) is 23.3 Å². The molecule has 0 spiro atoms. The molecule has 2 heterocycles. The van der Waals surface area contributed by atoms with Crippen LogP contribution in [0.25, 0.3) is 21.9 Å². The van der Waals surface area contributed by atoms with Crippen LogP contribution in [0.5, 0.6) is 0 Å². The van der Waals surface area contributed by atoms with Gasteiger partial charge >= 0.3 is 0 Å². The van der Waals surface area contributed by atoms with Crippen molar-refractivity contribution in [1.29, 1.82) is 0 Å². The molecule has 0 saturated carbocycles. The maximum absolute atomic E-state index is 12.8. The second kappa shape index (κ2) is 6.96. The molecule has 0 aliphatic rings. The van der Waals surface area contributed by atoms with Crippen LogP contribution in [0.4, 0.5) is 0 Å². The Labute approximate surface area is 162 Å². The first kappa shape index (κ1) is 18.0. The van der Waals surface area contributed by atoms with E-state index in [1.807, 2.05) is 56.3 Å². The molecule has 1 atom stereocenters. The molecule has 0 saturated heterocycles. The Morgan fingerprint density at radius 2 is 2.00 bits per heavy atom. The maximum atomic E-state index is 12.8. The summed E-state index contributed by atoms with van der Waals surface area (Å²) in [5.41, 5.74) is 2.17. The van der Waals surface area contributed by atoms with Crippen LogP contribution in [0.2, 0.25) is 0 Å². The number of rotatable bonds is 4. The number of furan rings is 1.